The van der Waals surface area contributed by atoms with Gasteiger partial charge in [0.2, 0.25) is 5.91 Å². The van der Waals surface area contributed by atoms with Crippen LogP contribution >= 0.6 is 11.6 Å². The summed E-state index contributed by atoms with van der Waals surface area (Å²) in [7, 11) is 1.28. The van der Waals surface area contributed by atoms with Crippen LogP contribution in [0.5, 0.6) is 0 Å². The molecule has 0 saturated carbocycles. The molecule has 0 spiro atoms. The van der Waals surface area contributed by atoms with Gasteiger partial charge in [0.25, 0.3) is 0 Å². The highest BCUT2D eigenvalue weighted by Gasteiger charge is 2.39. The van der Waals surface area contributed by atoms with Crippen molar-refractivity contribution in [1.82, 2.24) is 10.6 Å². The van der Waals surface area contributed by atoms with Crippen molar-refractivity contribution in [3.05, 3.63) is 57.4 Å². The van der Waals surface area contributed by atoms with Crippen LogP contribution in [-0.4, -0.2) is 56.9 Å². The maximum atomic E-state index is 13.1. The molecule has 186 valence electrons. The summed E-state index contributed by atoms with van der Waals surface area (Å²) in [5, 5.41) is 6.52. The maximum Gasteiger partial charge on any atom is 0.336 e. The zero-order chi connectivity index (χ0) is 25.5. The third-order valence-corrected chi connectivity index (χ3v) is 5.78. The summed E-state index contributed by atoms with van der Waals surface area (Å²) in [6.45, 7) is 7.54. The van der Waals surface area contributed by atoms with Crippen LogP contribution in [-0.2, 0) is 28.6 Å². The molecule has 10 heteroatoms. The average Bonchev–Trinajstić information content (AvgIpc) is 2.78. The first-order valence-corrected chi connectivity index (χ1v) is 11.3. The van der Waals surface area contributed by atoms with Crippen LogP contribution in [0.2, 0.25) is 5.02 Å². The fourth-order valence-electron chi connectivity index (χ4n) is 3.56. The van der Waals surface area contributed by atoms with Gasteiger partial charge in [0.1, 0.15) is 0 Å². The third kappa shape index (κ3) is 6.37. The number of carbonyl (C=O) groups is 3. The zero-order valence-corrected chi connectivity index (χ0v) is 20.9. The first-order valence-electron chi connectivity index (χ1n) is 10.9. The standard InChI is InChI=1S/C24H32ClN3O6/c1-6-34-22(30)20-17(13-33-12-11-27-24(3,4)23(26)31)28-14(2)18(21(29)32-5)19(20)15-9-7-8-10-16(15)25/h7-10,19,27-28H,6,11-13H2,1-5H3,(H2,26,31). The van der Waals surface area contributed by atoms with Gasteiger partial charge >= 0.3 is 11.9 Å². The third-order valence-electron chi connectivity index (χ3n) is 5.44. The van der Waals surface area contributed by atoms with Gasteiger partial charge in [-0.1, -0.05) is 29.8 Å². The number of amides is 1. The second-order valence-corrected chi connectivity index (χ2v) is 8.60. The van der Waals surface area contributed by atoms with Crippen LogP contribution in [0.3, 0.4) is 0 Å². The molecule has 1 aromatic carbocycles. The lowest BCUT2D eigenvalue weighted by atomic mass is 9.80. The number of hydrogen-bond acceptors (Lipinski definition) is 8. The Hall–Kier alpha value is -2.88. The number of carbonyl (C=O) groups excluding carboxylic acids is 3. The van der Waals surface area contributed by atoms with Gasteiger partial charge in [-0.25, -0.2) is 9.59 Å². The van der Waals surface area contributed by atoms with E-state index in [-0.39, 0.29) is 31.0 Å². The number of hydrogen-bond donors (Lipinski definition) is 3. The molecule has 9 nitrogen and oxygen atoms in total. The van der Waals surface area contributed by atoms with Gasteiger partial charge in [-0.3, -0.25) is 4.79 Å². The SMILES string of the molecule is CCOC(=O)C1=C(COCCNC(C)(C)C(N)=O)NC(C)=C(C(=O)OC)C1c1ccccc1Cl. The maximum absolute atomic E-state index is 13.1. The molecular formula is C24H32ClN3O6. The summed E-state index contributed by atoms with van der Waals surface area (Å²) < 4.78 is 16.1. The van der Waals surface area contributed by atoms with Gasteiger partial charge < -0.3 is 30.6 Å². The lowest BCUT2D eigenvalue weighted by Gasteiger charge is -2.31. The van der Waals surface area contributed by atoms with E-state index in [9.17, 15) is 14.4 Å². The second-order valence-electron chi connectivity index (χ2n) is 8.19. The van der Waals surface area contributed by atoms with Crippen molar-refractivity contribution in [2.75, 3.05) is 33.5 Å². The Morgan fingerprint density at radius 3 is 2.44 bits per heavy atom. The Morgan fingerprint density at radius 1 is 1.18 bits per heavy atom. The normalized spacial score (nSPS) is 16.2. The van der Waals surface area contributed by atoms with Crippen LogP contribution in [0.25, 0.3) is 0 Å². The molecule has 2 rings (SSSR count). The van der Waals surface area contributed by atoms with Crippen molar-refractivity contribution >= 4 is 29.4 Å². The molecule has 0 aliphatic carbocycles. The lowest BCUT2D eigenvalue weighted by molar-refractivity contribution is -0.139. The molecule has 34 heavy (non-hydrogen) atoms. The Bertz CT molecular complexity index is 1000. The molecule has 1 aliphatic heterocycles. The summed E-state index contributed by atoms with van der Waals surface area (Å²) in [6.07, 6.45) is 0. The number of dihydropyridines is 1. The van der Waals surface area contributed by atoms with Crippen molar-refractivity contribution < 1.29 is 28.6 Å². The topological polar surface area (TPSA) is 129 Å². The van der Waals surface area contributed by atoms with Crippen molar-refractivity contribution in [2.24, 2.45) is 5.73 Å². The average molecular weight is 494 g/mol. The minimum absolute atomic E-state index is 0.0274. The van der Waals surface area contributed by atoms with Crippen LogP contribution in [0.4, 0.5) is 0 Å². The van der Waals surface area contributed by atoms with Gasteiger partial charge in [0.05, 0.1) is 55.2 Å². The molecule has 0 radical (unpaired) electrons. The number of allylic oxidation sites excluding steroid dienone is 1. The molecule has 1 heterocycles. The Balaban J connectivity index is 2.42. The number of halogens is 1. The quantitative estimate of drug-likeness (QED) is 0.316. The number of benzene rings is 1. The fourth-order valence-corrected chi connectivity index (χ4v) is 3.80. The van der Waals surface area contributed by atoms with Gasteiger partial charge in [-0.15, -0.1) is 0 Å². The number of ether oxygens (including phenoxy) is 3. The molecule has 1 aromatic rings. The number of primary amides is 1. The van der Waals surface area contributed by atoms with Crippen molar-refractivity contribution in [1.29, 1.82) is 0 Å². The lowest BCUT2D eigenvalue weighted by Crippen LogP contribution is -2.51. The van der Waals surface area contributed by atoms with E-state index < -0.39 is 29.3 Å². The summed E-state index contributed by atoms with van der Waals surface area (Å²) >= 11 is 6.48. The predicted octanol–water partition coefficient (Wildman–Crippen LogP) is 2.16. The molecule has 1 aliphatic rings. The largest absolute Gasteiger partial charge is 0.466 e. The van der Waals surface area contributed by atoms with Crippen LogP contribution < -0.4 is 16.4 Å². The molecule has 4 N–H and O–H groups in total. The summed E-state index contributed by atoms with van der Waals surface area (Å²) in [6, 6.07) is 6.98. The summed E-state index contributed by atoms with van der Waals surface area (Å²) in [5.41, 5.74) is 6.47. The highest BCUT2D eigenvalue weighted by Crippen LogP contribution is 2.41. The molecule has 1 atom stereocenters. The minimum atomic E-state index is -0.883. The van der Waals surface area contributed by atoms with E-state index in [2.05, 4.69) is 10.6 Å². The summed E-state index contributed by atoms with van der Waals surface area (Å²) in [4.78, 5) is 37.3. The number of nitrogens with two attached hydrogens (primary N) is 1. The van der Waals surface area contributed by atoms with E-state index in [1.54, 1.807) is 52.0 Å². The molecule has 1 amide bonds. The Labute approximate surface area is 204 Å². The van der Waals surface area contributed by atoms with Crippen molar-refractivity contribution in [2.45, 2.75) is 39.2 Å². The second kappa shape index (κ2) is 12.0. The number of esters is 2. The molecule has 0 aromatic heterocycles. The molecule has 0 saturated heterocycles. The Kier molecular flexibility index (Phi) is 9.66. The van der Waals surface area contributed by atoms with E-state index in [4.69, 9.17) is 31.5 Å². The van der Waals surface area contributed by atoms with Gasteiger partial charge in [-0.05, 0) is 39.3 Å². The van der Waals surface area contributed by atoms with Crippen molar-refractivity contribution in [3.8, 4) is 0 Å². The van der Waals surface area contributed by atoms with E-state index in [0.717, 1.165) is 0 Å². The van der Waals surface area contributed by atoms with Crippen LogP contribution in [0.1, 0.15) is 39.2 Å². The van der Waals surface area contributed by atoms with Gasteiger partial charge in [-0.2, -0.15) is 0 Å². The van der Waals surface area contributed by atoms with E-state index in [1.807, 2.05) is 0 Å². The van der Waals surface area contributed by atoms with Crippen molar-refractivity contribution in [3.63, 3.8) is 0 Å². The Morgan fingerprint density at radius 2 is 1.85 bits per heavy atom. The van der Waals surface area contributed by atoms with Gasteiger partial charge in [0, 0.05) is 17.3 Å². The fraction of sp³-hybridized carbons (Fsp3) is 0.458. The molecule has 0 bridgehead atoms. The van der Waals surface area contributed by atoms with E-state index in [1.165, 1.54) is 7.11 Å². The zero-order valence-electron chi connectivity index (χ0n) is 20.1. The number of rotatable bonds is 11. The highest BCUT2D eigenvalue weighted by molar-refractivity contribution is 6.31. The smallest absolute Gasteiger partial charge is 0.336 e. The molecule has 0 fully saturated rings. The number of nitrogens with one attached hydrogen (secondary N) is 2. The van der Waals surface area contributed by atoms with E-state index in [0.29, 0.717) is 28.5 Å². The van der Waals surface area contributed by atoms with Crippen LogP contribution in [0, 0.1) is 0 Å². The van der Waals surface area contributed by atoms with E-state index >= 15 is 0 Å². The molecular weight excluding hydrogens is 462 g/mol. The number of methoxy groups -OCH3 is 1. The predicted molar refractivity (Wildman–Crippen MR) is 128 cm³/mol. The first kappa shape index (κ1) is 27.4. The molecule has 1 unspecified atom stereocenters. The monoisotopic (exact) mass is 493 g/mol. The first-order chi connectivity index (χ1) is 16.0. The highest BCUT2D eigenvalue weighted by atomic mass is 35.5. The van der Waals surface area contributed by atoms with Gasteiger partial charge in [0.15, 0.2) is 0 Å². The minimum Gasteiger partial charge on any atom is -0.466 e. The summed E-state index contributed by atoms with van der Waals surface area (Å²) in [5.74, 6) is -2.48. The van der Waals surface area contributed by atoms with Crippen LogP contribution in [0.15, 0.2) is 46.8 Å².